The Bertz CT molecular complexity index is 307. The van der Waals surface area contributed by atoms with Crippen molar-refractivity contribution in [3.8, 4) is 0 Å². The van der Waals surface area contributed by atoms with Crippen molar-refractivity contribution >= 4 is 11.8 Å². The molecule has 1 aromatic rings. The van der Waals surface area contributed by atoms with Gasteiger partial charge in [-0.3, -0.25) is 9.59 Å². The van der Waals surface area contributed by atoms with Gasteiger partial charge in [-0.1, -0.05) is 0 Å². The molecule has 0 radical (unpaired) electrons. The topological polar surface area (TPSA) is 105 Å². The number of rotatable bonds is 3. The minimum absolute atomic E-state index is 0.133. The van der Waals surface area contributed by atoms with Gasteiger partial charge in [-0.15, -0.1) is 0 Å². The van der Waals surface area contributed by atoms with Gasteiger partial charge in [-0.2, -0.15) is 15.4 Å². The Morgan fingerprint density at radius 3 is 2.85 bits per heavy atom. The zero-order chi connectivity index (χ0) is 9.84. The third-order valence-electron chi connectivity index (χ3n) is 1.37. The summed E-state index contributed by atoms with van der Waals surface area (Å²) in [5.41, 5.74) is 5.06. The van der Waals surface area contributed by atoms with Crippen molar-refractivity contribution in [3.63, 3.8) is 0 Å². The van der Waals surface area contributed by atoms with Gasteiger partial charge in [0.1, 0.15) is 0 Å². The van der Waals surface area contributed by atoms with Crippen molar-refractivity contribution < 1.29 is 9.59 Å². The number of H-pyrrole nitrogens is 1. The van der Waals surface area contributed by atoms with Crippen molar-refractivity contribution in [1.29, 1.82) is 0 Å². The standard InChI is InChI=1S/C6H9N5O2/c1-11(3-5(7)12)6(13)4-2-8-10-9-4/h2H,3H2,1H3,(H2,7,12)(H,8,9,10). The molecule has 0 aliphatic heterocycles. The predicted molar refractivity (Wildman–Crippen MR) is 42.5 cm³/mol. The van der Waals surface area contributed by atoms with Crippen LogP contribution in [0.25, 0.3) is 0 Å². The molecule has 0 bridgehead atoms. The summed E-state index contributed by atoms with van der Waals surface area (Å²) in [6, 6.07) is 0. The lowest BCUT2D eigenvalue weighted by Crippen LogP contribution is -2.35. The molecule has 0 saturated heterocycles. The van der Waals surface area contributed by atoms with Crippen LogP contribution in [0.2, 0.25) is 0 Å². The number of amides is 2. The monoisotopic (exact) mass is 183 g/mol. The molecule has 1 rings (SSSR count). The van der Waals surface area contributed by atoms with Gasteiger partial charge in [0.25, 0.3) is 5.91 Å². The molecule has 0 aromatic carbocycles. The zero-order valence-electron chi connectivity index (χ0n) is 7.02. The van der Waals surface area contributed by atoms with Gasteiger partial charge in [-0.25, -0.2) is 0 Å². The van der Waals surface area contributed by atoms with Crippen molar-refractivity contribution in [2.75, 3.05) is 13.6 Å². The Morgan fingerprint density at radius 1 is 1.69 bits per heavy atom. The first-order valence-electron chi connectivity index (χ1n) is 3.51. The Kier molecular flexibility index (Phi) is 2.58. The normalized spacial score (nSPS) is 9.62. The van der Waals surface area contributed by atoms with Crippen LogP contribution in [0.5, 0.6) is 0 Å². The highest BCUT2D eigenvalue weighted by molar-refractivity contribution is 5.94. The molecule has 70 valence electrons. The van der Waals surface area contributed by atoms with Crippen LogP contribution >= 0.6 is 0 Å². The minimum atomic E-state index is -0.570. The number of aromatic amines is 1. The number of likely N-dealkylation sites (N-methyl/N-ethyl adjacent to an activating group) is 1. The summed E-state index contributed by atoms with van der Waals surface area (Å²) in [7, 11) is 1.46. The van der Waals surface area contributed by atoms with Crippen molar-refractivity contribution in [2.24, 2.45) is 5.73 Å². The van der Waals surface area contributed by atoms with E-state index < -0.39 is 11.8 Å². The number of nitrogens with zero attached hydrogens (tertiary/aromatic N) is 3. The second-order valence-electron chi connectivity index (χ2n) is 2.48. The molecular weight excluding hydrogens is 174 g/mol. The van der Waals surface area contributed by atoms with Gasteiger partial charge in [0, 0.05) is 7.05 Å². The minimum Gasteiger partial charge on any atom is -0.368 e. The molecule has 0 aliphatic carbocycles. The maximum absolute atomic E-state index is 11.3. The van der Waals surface area contributed by atoms with E-state index in [1.54, 1.807) is 0 Å². The molecule has 1 aromatic heterocycles. The fourth-order valence-electron chi connectivity index (χ4n) is 0.806. The fourth-order valence-corrected chi connectivity index (χ4v) is 0.806. The van der Waals surface area contributed by atoms with Crippen LogP contribution in [0.3, 0.4) is 0 Å². The molecule has 2 amide bonds. The Balaban J connectivity index is 2.63. The van der Waals surface area contributed by atoms with Gasteiger partial charge < -0.3 is 10.6 Å². The van der Waals surface area contributed by atoms with Crippen LogP contribution in [0, 0.1) is 0 Å². The van der Waals surface area contributed by atoms with Crippen LogP contribution in [0.15, 0.2) is 6.20 Å². The smallest absolute Gasteiger partial charge is 0.276 e. The van der Waals surface area contributed by atoms with E-state index in [9.17, 15) is 9.59 Å². The van der Waals surface area contributed by atoms with Crippen LogP contribution in [0.4, 0.5) is 0 Å². The summed E-state index contributed by atoms with van der Waals surface area (Å²) in [4.78, 5) is 23.0. The van der Waals surface area contributed by atoms with Crippen LogP contribution < -0.4 is 5.73 Å². The average Bonchev–Trinajstić information content (AvgIpc) is 2.53. The van der Waals surface area contributed by atoms with E-state index in [1.165, 1.54) is 18.1 Å². The molecule has 0 aliphatic rings. The number of nitrogens with one attached hydrogen (secondary N) is 1. The van der Waals surface area contributed by atoms with E-state index >= 15 is 0 Å². The molecule has 1 heterocycles. The molecule has 0 saturated carbocycles. The molecule has 0 unspecified atom stereocenters. The lowest BCUT2D eigenvalue weighted by Gasteiger charge is -2.12. The first-order chi connectivity index (χ1) is 6.11. The molecule has 0 atom stereocenters. The first kappa shape index (κ1) is 9.17. The van der Waals surface area contributed by atoms with Gasteiger partial charge in [0.05, 0.1) is 12.7 Å². The highest BCUT2D eigenvalue weighted by atomic mass is 16.2. The average molecular weight is 183 g/mol. The van der Waals surface area contributed by atoms with E-state index in [0.29, 0.717) is 0 Å². The van der Waals surface area contributed by atoms with Crippen molar-refractivity contribution in [2.45, 2.75) is 0 Å². The third-order valence-corrected chi connectivity index (χ3v) is 1.37. The molecule has 7 heteroatoms. The molecular formula is C6H9N5O2. The van der Waals surface area contributed by atoms with E-state index in [4.69, 9.17) is 5.73 Å². The lowest BCUT2D eigenvalue weighted by atomic mass is 10.4. The Hall–Kier alpha value is -1.92. The first-order valence-corrected chi connectivity index (χ1v) is 3.51. The number of carbonyl (C=O) groups is 2. The highest BCUT2D eigenvalue weighted by Crippen LogP contribution is 1.95. The number of nitrogens with two attached hydrogens (primary N) is 1. The van der Waals surface area contributed by atoms with E-state index in [0.717, 1.165) is 0 Å². The summed E-state index contributed by atoms with van der Waals surface area (Å²) in [6.07, 6.45) is 1.28. The van der Waals surface area contributed by atoms with Gasteiger partial charge >= 0.3 is 0 Å². The van der Waals surface area contributed by atoms with E-state index in [-0.39, 0.29) is 12.2 Å². The molecule has 7 nitrogen and oxygen atoms in total. The largest absolute Gasteiger partial charge is 0.368 e. The van der Waals surface area contributed by atoms with Crippen LogP contribution in [-0.4, -0.2) is 45.7 Å². The van der Waals surface area contributed by atoms with E-state index in [1.807, 2.05) is 0 Å². The number of primary amides is 1. The van der Waals surface area contributed by atoms with Crippen molar-refractivity contribution in [3.05, 3.63) is 11.9 Å². The maximum atomic E-state index is 11.3. The summed E-state index contributed by atoms with van der Waals surface area (Å²) in [5.74, 6) is -0.966. The Morgan fingerprint density at radius 2 is 2.38 bits per heavy atom. The Labute approximate surface area is 73.9 Å². The predicted octanol–water partition coefficient (Wildman–Crippen LogP) is -1.64. The molecule has 13 heavy (non-hydrogen) atoms. The summed E-state index contributed by atoms with van der Waals surface area (Å²) < 4.78 is 0. The SMILES string of the molecule is CN(CC(N)=O)C(=O)c1cn[nH]n1. The molecule has 0 spiro atoms. The number of hydrogen-bond acceptors (Lipinski definition) is 4. The maximum Gasteiger partial charge on any atom is 0.276 e. The fraction of sp³-hybridized carbons (Fsp3) is 0.333. The molecule has 0 fully saturated rings. The number of aromatic nitrogens is 3. The summed E-state index contributed by atoms with van der Waals surface area (Å²) in [5, 5.41) is 9.33. The summed E-state index contributed by atoms with van der Waals surface area (Å²) in [6.45, 7) is -0.133. The van der Waals surface area contributed by atoms with Crippen LogP contribution in [-0.2, 0) is 4.79 Å². The zero-order valence-corrected chi connectivity index (χ0v) is 7.02. The van der Waals surface area contributed by atoms with Crippen LogP contribution in [0.1, 0.15) is 10.5 Å². The quantitative estimate of drug-likeness (QED) is 0.586. The number of hydrogen-bond donors (Lipinski definition) is 2. The summed E-state index contributed by atoms with van der Waals surface area (Å²) >= 11 is 0. The van der Waals surface area contributed by atoms with Crippen molar-refractivity contribution in [1.82, 2.24) is 20.3 Å². The van der Waals surface area contributed by atoms with E-state index in [2.05, 4.69) is 15.4 Å². The second-order valence-corrected chi connectivity index (χ2v) is 2.48. The lowest BCUT2D eigenvalue weighted by molar-refractivity contribution is -0.118. The second kappa shape index (κ2) is 3.65. The van der Waals surface area contributed by atoms with Gasteiger partial charge in [0.15, 0.2) is 5.69 Å². The van der Waals surface area contributed by atoms with Gasteiger partial charge in [0.2, 0.25) is 5.91 Å². The highest BCUT2D eigenvalue weighted by Gasteiger charge is 2.15. The molecule has 3 N–H and O–H groups in total. The number of carbonyl (C=O) groups excluding carboxylic acids is 2. The third kappa shape index (κ3) is 2.26. The van der Waals surface area contributed by atoms with Gasteiger partial charge in [-0.05, 0) is 0 Å².